The fraction of sp³-hybridized carbons (Fsp3) is 0.462. The molecule has 90 valence electrons. The molecule has 1 aliphatic rings. The Morgan fingerprint density at radius 2 is 2.12 bits per heavy atom. The SMILES string of the molecule is N#Cc1cc(Br)ccc1O[C@H]1CCCC[C@H]1F. The molecule has 0 aromatic heterocycles. The summed E-state index contributed by atoms with van der Waals surface area (Å²) in [4.78, 5) is 0. The van der Waals surface area contributed by atoms with E-state index in [9.17, 15) is 4.39 Å². The van der Waals surface area contributed by atoms with Crippen molar-refractivity contribution in [3.63, 3.8) is 0 Å². The Morgan fingerprint density at radius 3 is 2.82 bits per heavy atom. The molecule has 0 heterocycles. The normalized spacial score (nSPS) is 24.1. The molecule has 0 unspecified atom stereocenters. The molecule has 1 aromatic carbocycles. The molecule has 0 N–H and O–H groups in total. The summed E-state index contributed by atoms with van der Waals surface area (Å²) in [7, 11) is 0. The van der Waals surface area contributed by atoms with Crippen molar-refractivity contribution in [2.45, 2.75) is 38.0 Å². The first kappa shape index (κ1) is 12.4. The first-order valence-electron chi connectivity index (χ1n) is 5.71. The van der Waals surface area contributed by atoms with Gasteiger partial charge in [0.25, 0.3) is 0 Å². The molecule has 0 bridgehead atoms. The predicted octanol–water partition coefficient (Wildman–Crippen LogP) is 3.98. The maximum Gasteiger partial charge on any atom is 0.137 e. The van der Waals surface area contributed by atoms with E-state index in [-0.39, 0.29) is 0 Å². The summed E-state index contributed by atoms with van der Waals surface area (Å²) in [5.41, 5.74) is 0.442. The van der Waals surface area contributed by atoms with Crippen molar-refractivity contribution in [3.8, 4) is 11.8 Å². The summed E-state index contributed by atoms with van der Waals surface area (Å²) in [6.45, 7) is 0. The zero-order valence-corrected chi connectivity index (χ0v) is 10.9. The van der Waals surface area contributed by atoms with Crippen LogP contribution in [0.2, 0.25) is 0 Å². The van der Waals surface area contributed by atoms with Crippen molar-refractivity contribution in [1.29, 1.82) is 5.26 Å². The number of hydrogen-bond acceptors (Lipinski definition) is 2. The zero-order valence-electron chi connectivity index (χ0n) is 9.33. The first-order chi connectivity index (χ1) is 8.20. The van der Waals surface area contributed by atoms with Crippen LogP contribution in [-0.2, 0) is 0 Å². The molecule has 0 radical (unpaired) electrons. The third-order valence-electron chi connectivity index (χ3n) is 2.96. The smallest absolute Gasteiger partial charge is 0.137 e. The van der Waals surface area contributed by atoms with Crippen LogP contribution in [0.3, 0.4) is 0 Å². The largest absolute Gasteiger partial charge is 0.486 e. The maximum absolute atomic E-state index is 13.6. The highest BCUT2D eigenvalue weighted by Crippen LogP contribution is 2.29. The van der Waals surface area contributed by atoms with Crippen LogP contribution >= 0.6 is 15.9 Å². The highest BCUT2D eigenvalue weighted by atomic mass is 79.9. The Morgan fingerprint density at radius 1 is 1.35 bits per heavy atom. The fourth-order valence-corrected chi connectivity index (χ4v) is 2.40. The second-order valence-electron chi connectivity index (χ2n) is 4.21. The molecule has 0 amide bonds. The van der Waals surface area contributed by atoms with Gasteiger partial charge in [-0.3, -0.25) is 0 Å². The van der Waals surface area contributed by atoms with Crippen LogP contribution in [0.25, 0.3) is 0 Å². The number of alkyl halides is 1. The average molecular weight is 298 g/mol. The fourth-order valence-electron chi connectivity index (χ4n) is 2.04. The molecular weight excluding hydrogens is 285 g/mol. The molecule has 2 atom stereocenters. The topological polar surface area (TPSA) is 33.0 Å². The van der Waals surface area contributed by atoms with Crippen molar-refractivity contribution in [2.24, 2.45) is 0 Å². The molecule has 1 fully saturated rings. The molecule has 0 spiro atoms. The third-order valence-corrected chi connectivity index (χ3v) is 3.46. The van der Waals surface area contributed by atoms with Crippen LogP contribution in [0.5, 0.6) is 5.75 Å². The second-order valence-corrected chi connectivity index (χ2v) is 5.12. The van der Waals surface area contributed by atoms with Crippen molar-refractivity contribution in [1.82, 2.24) is 0 Å². The van der Waals surface area contributed by atoms with Gasteiger partial charge in [0.2, 0.25) is 0 Å². The van der Waals surface area contributed by atoms with Crippen LogP contribution < -0.4 is 4.74 Å². The molecule has 1 aromatic rings. The van der Waals surface area contributed by atoms with Crippen molar-refractivity contribution >= 4 is 15.9 Å². The summed E-state index contributed by atoms with van der Waals surface area (Å²) in [5.74, 6) is 0.477. The molecule has 0 saturated heterocycles. The van der Waals surface area contributed by atoms with Gasteiger partial charge in [-0.25, -0.2) is 4.39 Å². The number of benzene rings is 1. The first-order valence-corrected chi connectivity index (χ1v) is 6.50. The van der Waals surface area contributed by atoms with Gasteiger partial charge in [0, 0.05) is 4.47 Å². The standard InChI is InChI=1S/C13H13BrFNO/c14-10-5-6-12(9(7-10)8-16)17-13-4-2-1-3-11(13)15/h5-7,11,13H,1-4H2/t11-,13+/m1/s1. The molecule has 2 rings (SSSR count). The molecular formula is C13H13BrFNO. The van der Waals surface area contributed by atoms with Gasteiger partial charge in [-0.05, 0) is 37.5 Å². The van der Waals surface area contributed by atoms with Gasteiger partial charge in [-0.2, -0.15) is 5.26 Å². The minimum absolute atomic E-state index is 0.406. The van der Waals surface area contributed by atoms with Gasteiger partial charge in [0.15, 0.2) is 0 Å². The van der Waals surface area contributed by atoms with Crippen molar-refractivity contribution < 1.29 is 9.13 Å². The Balaban J connectivity index is 2.15. The summed E-state index contributed by atoms with van der Waals surface area (Å²) in [5, 5.41) is 8.99. The Hall–Kier alpha value is -1.08. The molecule has 1 aliphatic carbocycles. The summed E-state index contributed by atoms with van der Waals surface area (Å²) < 4.78 is 20.1. The number of ether oxygens (including phenoxy) is 1. The van der Waals surface area contributed by atoms with Crippen molar-refractivity contribution in [2.75, 3.05) is 0 Å². The monoisotopic (exact) mass is 297 g/mol. The molecule has 1 saturated carbocycles. The summed E-state index contributed by atoms with van der Waals surface area (Å²) in [6.07, 6.45) is 1.87. The van der Waals surface area contributed by atoms with Crippen LogP contribution in [-0.4, -0.2) is 12.3 Å². The van der Waals surface area contributed by atoms with Crippen LogP contribution in [0, 0.1) is 11.3 Å². The predicted molar refractivity (Wildman–Crippen MR) is 66.6 cm³/mol. The Kier molecular flexibility index (Phi) is 4.01. The molecule has 2 nitrogen and oxygen atoms in total. The van der Waals surface area contributed by atoms with E-state index >= 15 is 0 Å². The number of nitrogens with zero attached hydrogens (tertiary/aromatic N) is 1. The van der Waals surface area contributed by atoms with Gasteiger partial charge in [-0.1, -0.05) is 22.4 Å². The lowest BCUT2D eigenvalue weighted by Crippen LogP contribution is -2.31. The van der Waals surface area contributed by atoms with E-state index in [4.69, 9.17) is 10.00 Å². The van der Waals surface area contributed by atoms with Crippen LogP contribution in [0.4, 0.5) is 4.39 Å². The molecule has 4 heteroatoms. The van der Waals surface area contributed by atoms with E-state index in [2.05, 4.69) is 22.0 Å². The number of hydrogen-bond donors (Lipinski definition) is 0. The van der Waals surface area contributed by atoms with Gasteiger partial charge in [0.1, 0.15) is 24.1 Å². The van der Waals surface area contributed by atoms with E-state index < -0.39 is 12.3 Å². The zero-order chi connectivity index (χ0) is 12.3. The number of halogens is 2. The second kappa shape index (κ2) is 5.50. The van der Waals surface area contributed by atoms with Gasteiger partial charge >= 0.3 is 0 Å². The van der Waals surface area contributed by atoms with Crippen molar-refractivity contribution in [3.05, 3.63) is 28.2 Å². The Labute approximate surface area is 109 Å². The average Bonchev–Trinajstić information content (AvgIpc) is 2.34. The van der Waals surface area contributed by atoms with Crippen LogP contribution in [0.1, 0.15) is 31.2 Å². The summed E-state index contributed by atoms with van der Waals surface area (Å²) >= 11 is 3.29. The minimum atomic E-state index is -0.918. The van der Waals surface area contributed by atoms with E-state index in [1.54, 1.807) is 18.2 Å². The van der Waals surface area contributed by atoms with E-state index in [0.29, 0.717) is 17.7 Å². The van der Waals surface area contributed by atoms with Gasteiger partial charge < -0.3 is 4.74 Å². The quantitative estimate of drug-likeness (QED) is 0.827. The number of nitriles is 1. The summed E-state index contributed by atoms with van der Waals surface area (Å²) in [6, 6.07) is 7.26. The maximum atomic E-state index is 13.6. The van der Waals surface area contributed by atoms with Gasteiger partial charge in [0.05, 0.1) is 5.56 Å². The number of rotatable bonds is 2. The van der Waals surface area contributed by atoms with E-state index in [0.717, 1.165) is 23.7 Å². The molecule has 17 heavy (non-hydrogen) atoms. The minimum Gasteiger partial charge on any atom is -0.486 e. The lowest BCUT2D eigenvalue weighted by atomic mass is 9.96. The van der Waals surface area contributed by atoms with Gasteiger partial charge in [-0.15, -0.1) is 0 Å². The third kappa shape index (κ3) is 2.98. The lowest BCUT2D eigenvalue weighted by molar-refractivity contribution is 0.0635. The lowest BCUT2D eigenvalue weighted by Gasteiger charge is -2.26. The van der Waals surface area contributed by atoms with E-state index in [1.165, 1.54) is 0 Å². The van der Waals surface area contributed by atoms with Crippen LogP contribution in [0.15, 0.2) is 22.7 Å². The highest BCUT2D eigenvalue weighted by molar-refractivity contribution is 9.10. The molecule has 0 aliphatic heterocycles. The Bertz CT molecular complexity index is 444. The highest BCUT2D eigenvalue weighted by Gasteiger charge is 2.27. The van der Waals surface area contributed by atoms with E-state index in [1.807, 2.05) is 0 Å².